The fourth-order valence-electron chi connectivity index (χ4n) is 7.79. The van der Waals surface area contributed by atoms with Crippen LogP contribution in [0.1, 0.15) is 258 Å². The standard InChI is InChI=1S/C52H99NO5/c1-3-5-7-9-11-13-15-17-19-21-23-24-25-26-27-28-30-32-34-36-38-40-42-44-46-50(56)52(58)53-48(47-54)51(57)49(55)45-43-41-39-37-35-33-31-29-22-20-18-16-14-12-10-8-6-4-2/h16,18,29,31,37,39,48-51,54-57H,3-15,17,19-28,30,32-36,38,40-47H2,1-2H3,(H,53,58)/b18-16+,31-29+,39-37+. The summed E-state index contributed by atoms with van der Waals surface area (Å²) in [5.74, 6) is -0.596. The predicted molar refractivity (Wildman–Crippen MR) is 251 cm³/mol. The van der Waals surface area contributed by atoms with E-state index < -0.39 is 36.9 Å². The van der Waals surface area contributed by atoms with Gasteiger partial charge in [0.25, 0.3) is 0 Å². The first-order valence-electron chi connectivity index (χ1n) is 25.4. The van der Waals surface area contributed by atoms with E-state index in [-0.39, 0.29) is 0 Å². The van der Waals surface area contributed by atoms with Crippen molar-refractivity contribution in [2.45, 2.75) is 282 Å². The lowest BCUT2D eigenvalue weighted by Crippen LogP contribution is -2.53. The number of amides is 1. The molecule has 0 saturated heterocycles. The normalized spacial score (nSPS) is 14.2. The smallest absolute Gasteiger partial charge is 0.249 e. The van der Waals surface area contributed by atoms with E-state index in [0.717, 1.165) is 51.4 Å². The zero-order valence-corrected chi connectivity index (χ0v) is 38.5. The van der Waals surface area contributed by atoms with Crippen LogP contribution in [0.5, 0.6) is 0 Å². The van der Waals surface area contributed by atoms with Gasteiger partial charge in [0.1, 0.15) is 12.2 Å². The van der Waals surface area contributed by atoms with E-state index >= 15 is 0 Å². The predicted octanol–water partition coefficient (Wildman–Crippen LogP) is 14.1. The molecule has 4 atom stereocenters. The third-order valence-corrected chi connectivity index (χ3v) is 11.8. The van der Waals surface area contributed by atoms with Crippen LogP contribution in [0, 0.1) is 0 Å². The number of nitrogens with one attached hydrogen (secondary N) is 1. The molecule has 1 amide bonds. The summed E-state index contributed by atoms with van der Waals surface area (Å²) in [6.45, 7) is 4.04. The number of rotatable bonds is 46. The summed E-state index contributed by atoms with van der Waals surface area (Å²) in [6, 6.07) is -1.01. The Morgan fingerprint density at radius 2 is 0.724 bits per heavy atom. The van der Waals surface area contributed by atoms with Gasteiger partial charge in [0.05, 0.1) is 18.8 Å². The molecule has 4 unspecified atom stereocenters. The summed E-state index contributed by atoms with van der Waals surface area (Å²) in [7, 11) is 0. The van der Waals surface area contributed by atoms with Crippen LogP contribution >= 0.6 is 0 Å². The van der Waals surface area contributed by atoms with E-state index in [0.29, 0.717) is 19.3 Å². The third-order valence-electron chi connectivity index (χ3n) is 11.8. The van der Waals surface area contributed by atoms with Crippen molar-refractivity contribution in [1.82, 2.24) is 5.32 Å². The van der Waals surface area contributed by atoms with Crippen LogP contribution in [-0.4, -0.2) is 57.3 Å². The van der Waals surface area contributed by atoms with Gasteiger partial charge in [-0.1, -0.05) is 230 Å². The number of aliphatic hydroxyl groups excluding tert-OH is 4. The number of carbonyl (C=O) groups is 1. The molecule has 0 saturated carbocycles. The summed E-state index contributed by atoms with van der Waals surface area (Å²) in [4.78, 5) is 12.6. The first kappa shape index (κ1) is 56.5. The van der Waals surface area contributed by atoms with E-state index in [2.05, 4.69) is 55.6 Å². The Morgan fingerprint density at radius 1 is 0.414 bits per heavy atom. The molecule has 0 aliphatic carbocycles. The molecule has 0 aromatic carbocycles. The monoisotopic (exact) mass is 818 g/mol. The lowest BCUT2D eigenvalue weighted by Gasteiger charge is -2.27. The van der Waals surface area contributed by atoms with E-state index in [1.807, 2.05) is 0 Å². The van der Waals surface area contributed by atoms with E-state index in [4.69, 9.17) is 0 Å². The second kappa shape index (κ2) is 46.6. The van der Waals surface area contributed by atoms with Gasteiger partial charge in [0.15, 0.2) is 0 Å². The molecular weight excluding hydrogens is 719 g/mol. The molecule has 0 fully saturated rings. The second-order valence-corrected chi connectivity index (χ2v) is 17.5. The molecule has 342 valence electrons. The summed E-state index contributed by atoms with van der Waals surface area (Å²) in [6.07, 6.45) is 56.2. The second-order valence-electron chi connectivity index (χ2n) is 17.5. The zero-order valence-electron chi connectivity index (χ0n) is 38.5. The molecular formula is C52H99NO5. The lowest BCUT2D eigenvalue weighted by molar-refractivity contribution is -0.132. The number of unbranched alkanes of at least 4 members (excludes halogenated alkanes) is 31. The van der Waals surface area contributed by atoms with E-state index in [9.17, 15) is 25.2 Å². The minimum absolute atomic E-state index is 0.362. The minimum atomic E-state index is -1.29. The van der Waals surface area contributed by atoms with Crippen LogP contribution in [0.3, 0.4) is 0 Å². The summed E-state index contributed by atoms with van der Waals surface area (Å²) < 4.78 is 0. The number of carbonyl (C=O) groups excluding carboxylic acids is 1. The quantitative estimate of drug-likeness (QED) is 0.0310. The average Bonchev–Trinajstić information content (AvgIpc) is 3.23. The number of hydrogen-bond acceptors (Lipinski definition) is 5. The number of allylic oxidation sites excluding steroid dienone is 6. The topological polar surface area (TPSA) is 110 Å². The Balaban J connectivity index is 3.71. The van der Waals surface area contributed by atoms with Gasteiger partial charge in [-0.05, 0) is 64.2 Å². The molecule has 0 bridgehead atoms. The highest BCUT2D eigenvalue weighted by molar-refractivity contribution is 5.80. The third kappa shape index (κ3) is 40.0. The Morgan fingerprint density at radius 3 is 1.09 bits per heavy atom. The van der Waals surface area contributed by atoms with Gasteiger partial charge >= 0.3 is 0 Å². The zero-order chi connectivity index (χ0) is 42.4. The SMILES string of the molecule is CCCCCCC/C=C/CC/C=C/CC/C=C/CCCC(O)C(O)C(CO)NC(=O)C(O)CCCCCCCCCCCCCCCCCCCCCCCCCC. The van der Waals surface area contributed by atoms with Gasteiger partial charge in [-0.25, -0.2) is 0 Å². The highest BCUT2D eigenvalue weighted by Crippen LogP contribution is 2.17. The van der Waals surface area contributed by atoms with Crippen LogP contribution < -0.4 is 5.32 Å². The van der Waals surface area contributed by atoms with Crippen LogP contribution in [-0.2, 0) is 4.79 Å². The van der Waals surface area contributed by atoms with Crippen LogP contribution in [0.4, 0.5) is 0 Å². The minimum Gasteiger partial charge on any atom is -0.394 e. The molecule has 0 aliphatic heterocycles. The summed E-state index contributed by atoms with van der Waals surface area (Å²) in [5, 5.41) is 43.8. The lowest BCUT2D eigenvalue weighted by atomic mass is 10.00. The fourth-order valence-corrected chi connectivity index (χ4v) is 7.79. The maximum Gasteiger partial charge on any atom is 0.249 e. The van der Waals surface area contributed by atoms with E-state index in [1.165, 1.54) is 173 Å². The van der Waals surface area contributed by atoms with Crippen molar-refractivity contribution in [2.75, 3.05) is 6.61 Å². The Hall–Kier alpha value is -1.47. The largest absolute Gasteiger partial charge is 0.394 e. The van der Waals surface area contributed by atoms with Crippen molar-refractivity contribution in [3.05, 3.63) is 36.5 Å². The Kier molecular flexibility index (Phi) is 45.4. The molecule has 6 heteroatoms. The van der Waals surface area contributed by atoms with Crippen LogP contribution in [0.2, 0.25) is 0 Å². The first-order chi connectivity index (χ1) is 28.5. The van der Waals surface area contributed by atoms with Crippen molar-refractivity contribution in [3.63, 3.8) is 0 Å². The molecule has 0 rings (SSSR count). The molecule has 6 nitrogen and oxygen atoms in total. The fraction of sp³-hybridized carbons (Fsp3) is 0.865. The van der Waals surface area contributed by atoms with Crippen molar-refractivity contribution < 1.29 is 25.2 Å². The highest BCUT2D eigenvalue weighted by Gasteiger charge is 2.28. The van der Waals surface area contributed by atoms with Gasteiger partial charge < -0.3 is 25.7 Å². The average molecular weight is 818 g/mol. The van der Waals surface area contributed by atoms with Gasteiger partial charge in [-0.3, -0.25) is 4.79 Å². The van der Waals surface area contributed by atoms with Crippen molar-refractivity contribution in [2.24, 2.45) is 0 Å². The molecule has 0 spiro atoms. The van der Waals surface area contributed by atoms with Gasteiger partial charge in [-0.15, -0.1) is 0 Å². The molecule has 0 aromatic rings. The number of hydrogen-bond donors (Lipinski definition) is 5. The summed E-state index contributed by atoms with van der Waals surface area (Å²) >= 11 is 0. The first-order valence-corrected chi connectivity index (χ1v) is 25.4. The molecule has 0 aromatic heterocycles. The van der Waals surface area contributed by atoms with Crippen molar-refractivity contribution in [3.8, 4) is 0 Å². The maximum atomic E-state index is 12.6. The Bertz CT molecular complexity index is 919. The number of aliphatic hydroxyl groups is 4. The van der Waals surface area contributed by atoms with Crippen LogP contribution in [0.15, 0.2) is 36.5 Å². The van der Waals surface area contributed by atoms with Gasteiger partial charge in [0.2, 0.25) is 5.91 Å². The highest BCUT2D eigenvalue weighted by atomic mass is 16.3. The molecule has 0 heterocycles. The van der Waals surface area contributed by atoms with Crippen molar-refractivity contribution in [1.29, 1.82) is 0 Å². The molecule has 5 N–H and O–H groups in total. The summed E-state index contributed by atoms with van der Waals surface area (Å²) in [5.41, 5.74) is 0. The molecule has 58 heavy (non-hydrogen) atoms. The maximum absolute atomic E-state index is 12.6. The van der Waals surface area contributed by atoms with Gasteiger partial charge in [-0.2, -0.15) is 0 Å². The van der Waals surface area contributed by atoms with E-state index in [1.54, 1.807) is 0 Å². The molecule has 0 radical (unpaired) electrons. The van der Waals surface area contributed by atoms with Gasteiger partial charge in [0, 0.05) is 0 Å². The molecule has 0 aliphatic rings. The van der Waals surface area contributed by atoms with Crippen molar-refractivity contribution >= 4 is 5.91 Å². The Labute approximate surface area is 360 Å². The van der Waals surface area contributed by atoms with Crippen LogP contribution in [0.25, 0.3) is 0 Å².